The van der Waals surface area contributed by atoms with Crippen molar-refractivity contribution in [3.05, 3.63) is 0 Å². The summed E-state index contributed by atoms with van der Waals surface area (Å²) in [6.07, 6.45) is 2.44. The third-order valence-corrected chi connectivity index (χ3v) is 4.56. The molecule has 0 bridgehead atoms. The molecule has 0 aromatic heterocycles. The Kier molecular flexibility index (Phi) is 5.06. The van der Waals surface area contributed by atoms with Crippen LogP contribution >= 0.6 is 24.0 Å². The fourth-order valence-electron chi connectivity index (χ4n) is 2.02. The second-order valence-electron chi connectivity index (χ2n) is 4.24. The van der Waals surface area contributed by atoms with Crippen molar-refractivity contribution >= 4 is 34.2 Å². The molecule has 1 amide bonds. The number of nitrogens with zero attached hydrogens (tertiary/aromatic N) is 2. The maximum atomic E-state index is 11.9. The monoisotopic (exact) mass is 274 g/mol. The Morgan fingerprint density at radius 3 is 2.41 bits per heavy atom. The molecular formula is C11H18N2O2S2. The first-order valence-corrected chi connectivity index (χ1v) is 7.44. The van der Waals surface area contributed by atoms with Gasteiger partial charge in [-0.3, -0.25) is 4.79 Å². The maximum Gasteiger partial charge on any atom is 0.233 e. The number of thiocarbonyl (C=S) groups is 1. The minimum Gasteiger partial charge on any atom is -0.378 e. The number of hydrogen-bond acceptors (Lipinski definition) is 4. The van der Waals surface area contributed by atoms with Gasteiger partial charge in [0.15, 0.2) is 0 Å². The average Bonchev–Trinajstić information content (AvgIpc) is 2.90. The van der Waals surface area contributed by atoms with Crippen molar-refractivity contribution < 1.29 is 9.53 Å². The highest BCUT2D eigenvalue weighted by atomic mass is 32.2. The summed E-state index contributed by atoms with van der Waals surface area (Å²) in [6.45, 7) is 4.86. The lowest BCUT2D eigenvalue weighted by Gasteiger charge is -2.27. The van der Waals surface area contributed by atoms with Gasteiger partial charge < -0.3 is 14.5 Å². The largest absolute Gasteiger partial charge is 0.378 e. The molecule has 2 saturated heterocycles. The predicted molar refractivity (Wildman–Crippen MR) is 73.3 cm³/mol. The molecule has 17 heavy (non-hydrogen) atoms. The maximum absolute atomic E-state index is 11.9. The van der Waals surface area contributed by atoms with E-state index in [2.05, 4.69) is 4.90 Å². The van der Waals surface area contributed by atoms with Crippen molar-refractivity contribution in [1.29, 1.82) is 0 Å². The molecule has 2 aliphatic rings. The van der Waals surface area contributed by atoms with Gasteiger partial charge in [0.05, 0.1) is 19.0 Å². The van der Waals surface area contributed by atoms with Crippen molar-refractivity contribution in [1.82, 2.24) is 9.80 Å². The van der Waals surface area contributed by atoms with Crippen LogP contribution in [0.5, 0.6) is 0 Å². The van der Waals surface area contributed by atoms with Crippen LogP contribution in [0, 0.1) is 0 Å². The SMILES string of the molecule is O=C(CSC(=S)N1CCCC1)N1CCOCC1. The molecule has 0 N–H and O–H groups in total. The van der Waals surface area contributed by atoms with E-state index in [4.69, 9.17) is 17.0 Å². The van der Waals surface area contributed by atoms with E-state index >= 15 is 0 Å². The zero-order valence-corrected chi connectivity index (χ0v) is 11.5. The standard InChI is InChI=1S/C11H18N2O2S2/c14-10(12-5-7-15-8-6-12)9-17-11(16)13-3-1-2-4-13/h1-9H2. The lowest BCUT2D eigenvalue weighted by Crippen LogP contribution is -2.42. The number of hydrogen-bond donors (Lipinski definition) is 0. The summed E-state index contributed by atoms with van der Waals surface area (Å²) in [4.78, 5) is 16.0. The Hall–Kier alpha value is -0.330. The van der Waals surface area contributed by atoms with Crippen molar-refractivity contribution in [3.63, 3.8) is 0 Å². The second kappa shape index (κ2) is 6.56. The molecule has 0 atom stereocenters. The number of rotatable bonds is 2. The number of thioether (sulfide) groups is 1. The Balaban J connectivity index is 1.69. The molecule has 0 aromatic rings. The summed E-state index contributed by atoms with van der Waals surface area (Å²) in [7, 11) is 0. The minimum atomic E-state index is 0.180. The molecule has 0 radical (unpaired) electrons. The molecule has 96 valence electrons. The van der Waals surface area contributed by atoms with Crippen LogP contribution in [0.1, 0.15) is 12.8 Å². The molecule has 0 spiro atoms. The predicted octanol–water partition coefficient (Wildman–Crippen LogP) is 0.959. The van der Waals surface area contributed by atoms with Gasteiger partial charge >= 0.3 is 0 Å². The van der Waals surface area contributed by atoms with Gasteiger partial charge in [-0.05, 0) is 12.8 Å². The van der Waals surface area contributed by atoms with Crippen LogP contribution in [-0.4, -0.2) is 65.2 Å². The number of carbonyl (C=O) groups is 1. The fraction of sp³-hybridized carbons (Fsp3) is 0.818. The van der Waals surface area contributed by atoms with E-state index in [1.165, 1.54) is 24.6 Å². The molecule has 0 unspecified atom stereocenters. The Labute approximate surface area is 112 Å². The van der Waals surface area contributed by atoms with E-state index in [1.807, 2.05) is 4.90 Å². The summed E-state index contributed by atoms with van der Waals surface area (Å²) < 4.78 is 6.10. The summed E-state index contributed by atoms with van der Waals surface area (Å²) in [5, 5.41) is 0. The summed E-state index contributed by atoms with van der Waals surface area (Å²) in [5.41, 5.74) is 0. The highest BCUT2D eigenvalue weighted by Gasteiger charge is 2.20. The lowest BCUT2D eigenvalue weighted by molar-refractivity contribution is -0.132. The molecule has 2 fully saturated rings. The van der Waals surface area contributed by atoms with E-state index in [9.17, 15) is 4.79 Å². The van der Waals surface area contributed by atoms with Crippen LogP contribution in [0.4, 0.5) is 0 Å². The minimum absolute atomic E-state index is 0.180. The van der Waals surface area contributed by atoms with Gasteiger partial charge in [0.2, 0.25) is 5.91 Å². The molecule has 2 rings (SSSR count). The van der Waals surface area contributed by atoms with Gasteiger partial charge in [0, 0.05) is 26.2 Å². The first-order valence-electron chi connectivity index (χ1n) is 6.04. The first kappa shape index (κ1) is 13.1. The molecule has 0 aliphatic carbocycles. The normalized spacial score (nSPS) is 20.7. The molecule has 0 saturated carbocycles. The number of carbonyl (C=O) groups excluding carboxylic acids is 1. The third-order valence-electron chi connectivity index (χ3n) is 3.05. The molecule has 4 nitrogen and oxygen atoms in total. The molecular weight excluding hydrogens is 256 g/mol. The van der Waals surface area contributed by atoms with Gasteiger partial charge in [-0.1, -0.05) is 24.0 Å². The molecule has 6 heteroatoms. The van der Waals surface area contributed by atoms with Crippen LogP contribution in [0.25, 0.3) is 0 Å². The topological polar surface area (TPSA) is 32.8 Å². The Morgan fingerprint density at radius 1 is 1.12 bits per heavy atom. The van der Waals surface area contributed by atoms with Crippen LogP contribution in [-0.2, 0) is 9.53 Å². The zero-order chi connectivity index (χ0) is 12.1. The Morgan fingerprint density at radius 2 is 1.76 bits per heavy atom. The number of amides is 1. The summed E-state index contributed by atoms with van der Waals surface area (Å²) in [5.74, 6) is 0.648. The van der Waals surface area contributed by atoms with Crippen molar-refractivity contribution in [2.75, 3.05) is 45.1 Å². The quantitative estimate of drug-likeness (QED) is 0.701. The number of morpholine rings is 1. The average molecular weight is 274 g/mol. The van der Waals surface area contributed by atoms with Crippen LogP contribution in [0.3, 0.4) is 0 Å². The molecule has 0 aromatic carbocycles. The van der Waals surface area contributed by atoms with Crippen LogP contribution in [0.2, 0.25) is 0 Å². The van der Waals surface area contributed by atoms with E-state index in [0.29, 0.717) is 19.0 Å². The highest BCUT2D eigenvalue weighted by molar-refractivity contribution is 8.23. The van der Waals surface area contributed by atoms with Crippen molar-refractivity contribution in [2.45, 2.75) is 12.8 Å². The zero-order valence-electron chi connectivity index (χ0n) is 9.89. The first-order chi connectivity index (χ1) is 8.27. The van der Waals surface area contributed by atoms with Crippen LogP contribution < -0.4 is 0 Å². The van der Waals surface area contributed by atoms with Gasteiger partial charge in [0.1, 0.15) is 4.32 Å². The number of likely N-dealkylation sites (tertiary alicyclic amines) is 1. The van der Waals surface area contributed by atoms with Gasteiger partial charge in [-0.2, -0.15) is 0 Å². The molecule has 2 heterocycles. The van der Waals surface area contributed by atoms with Crippen molar-refractivity contribution in [3.8, 4) is 0 Å². The summed E-state index contributed by atoms with van der Waals surface area (Å²) >= 11 is 6.83. The third kappa shape index (κ3) is 3.82. The Bertz CT molecular complexity index is 287. The second-order valence-corrected chi connectivity index (χ2v) is 5.85. The van der Waals surface area contributed by atoms with E-state index < -0.39 is 0 Å². The highest BCUT2D eigenvalue weighted by Crippen LogP contribution is 2.16. The lowest BCUT2D eigenvalue weighted by atomic mass is 10.4. The number of ether oxygens (including phenoxy) is 1. The van der Waals surface area contributed by atoms with Gasteiger partial charge in [-0.25, -0.2) is 0 Å². The van der Waals surface area contributed by atoms with E-state index in [-0.39, 0.29) is 5.91 Å². The summed E-state index contributed by atoms with van der Waals surface area (Å²) in [6, 6.07) is 0. The van der Waals surface area contributed by atoms with Crippen LogP contribution in [0.15, 0.2) is 0 Å². The van der Waals surface area contributed by atoms with Gasteiger partial charge in [-0.15, -0.1) is 0 Å². The smallest absolute Gasteiger partial charge is 0.233 e. The fourth-order valence-corrected chi connectivity index (χ4v) is 3.17. The van der Waals surface area contributed by atoms with Gasteiger partial charge in [0.25, 0.3) is 0 Å². The van der Waals surface area contributed by atoms with E-state index in [1.54, 1.807) is 0 Å². The molecule has 2 aliphatic heterocycles. The van der Waals surface area contributed by atoms with E-state index in [0.717, 1.165) is 30.5 Å². The van der Waals surface area contributed by atoms with Crippen molar-refractivity contribution in [2.24, 2.45) is 0 Å².